The third-order valence-electron chi connectivity index (χ3n) is 5.94. The maximum atomic E-state index is 9.64. The van der Waals surface area contributed by atoms with Gasteiger partial charge in [-0.15, -0.1) is 11.3 Å². The number of rotatable bonds is 4. The summed E-state index contributed by atoms with van der Waals surface area (Å²) in [6, 6.07) is 4.86. The average Bonchev–Trinajstić information content (AvgIpc) is 3.26. The molecule has 2 bridgehead atoms. The monoisotopic (exact) mass is 382 g/mol. The van der Waals surface area contributed by atoms with Crippen molar-refractivity contribution in [3.63, 3.8) is 0 Å². The maximum Gasteiger partial charge on any atom is 0.221 e. The van der Waals surface area contributed by atoms with E-state index in [0.717, 1.165) is 40.0 Å². The van der Waals surface area contributed by atoms with Gasteiger partial charge in [-0.25, -0.2) is 15.0 Å². The van der Waals surface area contributed by atoms with Crippen molar-refractivity contribution in [3.8, 4) is 17.0 Å². The molecule has 5 rings (SSSR count). The highest BCUT2D eigenvalue weighted by Crippen LogP contribution is 2.46. The van der Waals surface area contributed by atoms with Crippen molar-refractivity contribution in [1.29, 1.82) is 0 Å². The molecule has 1 N–H and O–H groups in total. The second-order valence-corrected chi connectivity index (χ2v) is 8.26. The van der Waals surface area contributed by atoms with E-state index < -0.39 is 0 Å². The number of piperidine rings is 1. The molecule has 0 aromatic carbocycles. The van der Waals surface area contributed by atoms with Crippen LogP contribution in [0.1, 0.15) is 25.7 Å². The highest BCUT2D eigenvalue weighted by molar-refractivity contribution is 7.17. The number of pyridine rings is 1. The topological polar surface area (TPSA) is 71.4 Å². The molecule has 3 aromatic rings. The normalized spacial score (nSPS) is 24.5. The summed E-state index contributed by atoms with van der Waals surface area (Å²) in [5.41, 5.74) is 2.05. The minimum absolute atomic E-state index is 0.288. The highest BCUT2D eigenvalue weighted by atomic mass is 32.1. The maximum absolute atomic E-state index is 9.64. The van der Waals surface area contributed by atoms with E-state index in [0.29, 0.717) is 23.9 Å². The van der Waals surface area contributed by atoms with Gasteiger partial charge in [-0.2, -0.15) is 0 Å². The quantitative estimate of drug-likeness (QED) is 0.745. The minimum Gasteiger partial charge on any atom is -0.481 e. The van der Waals surface area contributed by atoms with Gasteiger partial charge in [0, 0.05) is 41.4 Å². The zero-order valence-corrected chi connectivity index (χ0v) is 16.0. The van der Waals surface area contributed by atoms with Crippen molar-refractivity contribution in [3.05, 3.63) is 30.0 Å². The van der Waals surface area contributed by atoms with Crippen molar-refractivity contribution in [2.45, 2.75) is 37.8 Å². The molecule has 7 heteroatoms. The largest absolute Gasteiger partial charge is 0.481 e. The van der Waals surface area contributed by atoms with Crippen LogP contribution >= 0.6 is 11.3 Å². The summed E-state index contributed by atoms with van der Waals surface area (Å²) in [7, 11) is 1.65. The minimum atomic E-state index is 0.288. The first-order valence-corrected chi connectivity index (χ1v) is 10.3. The van der Waals surface area contributed by atoms with E-state index in [1.165, 1.54) is 12.8 Å². The van der Waals surface area contributed by atoms with Crippen molar-refractivity contribution in [1.82, 2.24) is 15.0 Å². The summed E-state index contributed by atoms with van der Waals surface area (Å²) in [6.07, 6.45) is 7.83. The third-order valence-corrected chi connectivity index (χ3v) is 6.82. The fourth-order valence-electron chi connectivity index (χ4n) is 4.80. The van der Waals surface area contributed by atoms with E-state index in [1.54, 1.807) is 31.0 Å². The molecule has 0 amide bonds. The first kappa shape index (κ1) is 16.9. The van der Waals surface area contributed by atoms with E-state index in [9.17, 15) is 5.11 Å². The van der Waals surface area contributed by atoms with Gasteiger partial charge in [-0.3, -0.25) is 0 Å². The Morgan fingerprint density at radius 3 is 2.74 bits per heavy atom. The van der Waals surface area contributed by atoms with Crippen LogP contribution in [-0.2, 0) is 0 Å². The van der Waals surface area contributed by atoms with Crippen LogP contribution in [0.15, 0.2) is 30.0 Å². The van der Waals surface area contributed by atoms with E-state index in [-0.39, 0.29) is 6.61 Å². The van der Waals surface area contributed by atoms with E-state index in [4.69, 9.17) is 9.72 Å². The first-order chi connectivity index (χ1) is 13.3. The summed E-state index contributed by atoms with van der Waals surface area (Å²) in [4.78, 5) is 17.1. The van der Waals surface area contributed by atoms with E-state index in [2.05, 4.69) is 20.2 Å². The zero-order chi connectivity index (χ0) is 18.4. The van der Waals surface area contributed by atoms with Gasteiger partial charge in [-0.05, 0) is 43.7 Å². The lowest BCUT2D eigenvalue weighted by Crippen LogP contribution is -2.44. The molecule has 5 heterocycles. The fraction of sp³-hybridized carbons (Fsp3) is 0.450. The highest BCUT2D eigenvalue weighted by Gasteiger charge is 2.42. The molecule has 2 saturated heterocycles. The number of thiophene rings is 1. The molecule has 3 aromatic heterocycles. The predicted molar refractivity (Wildman–Crippen MR) is 106 cm³/mol. The van der Waals surface area contributed by atoms with Gasteiger partial charge in [-0.1, -0.05) is 0 Å². The first-order valence-electron chi connectivity index (χ1n) is 9.41. The molecular formula is C20H22N4O2S. The van der Waals surface area contributed by atoms with Crippen molar-refractivity contribution in [2.75, 3.05) is 18.6 Å². The Morgan fingerprint density at radius 1 is 1.19 bits per heavy atom. The van der Waals surface area contributed by atoms with E-state index in [1.807, 2.05) is 12.1 Å². The summed E-state index contributed by atoms with van der Waals surface area (Å²) >= 11 is 1.63. The van der Waals surface area contributed by atoms with Gasteiger partial charge in [0.15, 0.2) is 0 Å². The van der Waals surface area contributed by atoms with Crippen LogP contribution in [0.25, 0.3) is 21.3 Å². The van der Waals surface area contributed by atoms with Crippen molar-refractivity contribution >= 4 is 27.4 Å². The Morgan fingerprint density at radius 2 is 2.00 bits per heavy atom. The number of nitrogens with zero attached hydrogens (tertiary/aromatic N) is 4. The zero-order valence-electron chi connectivity index (χ0n) is 15.2. The molecule has 0 aliphatic carbocycles. The number of ether oxygens (including phenoxy) is 1. The summed E-state index contributed by atoms with van der Waals surface area (Å²) < 4.78 is 5.50. The molecular weight excluding hydrogens is 360 g/mol. The number of aliphatic hydroxyl groups excluding tert-OH is 1. The number of methoxy groups -OCH3 is 1. The van der Waals surface area contributed by atoms with E-state index >= 15 is 0 Å². The molecule has 0 saturated carbocycles. The molecule has 0 spiro atoms. The second-order valence-electron chi connectivity index (χ2n) is 7.40. The third kappa shape index (κ3) is 2.68. The SMILES string of the molecule is COc1ncccc1-c1csc2ncnc(N3C4CCC3CC(CO)C4)c12. The van der Waals surface area contributed by atoms with Gasteiger partial charge < -0.3 is 14.7 Å². The molecule has 27 heavy (non-hydrogen) atoms. The Balaban J connectivity index is 1.66. The van der Waals surface area contributed by atoms with Gasteiger partial charge in [0.1, 0.15) is 17.0 Å². The number of hydrogen-bond donors (Lipinski definition) is 1. The van der Waals surface area contributed by atoms with Crippen LogP contribution in [0.4, 0.5) is 5.82 Å². The Hall–Kier alpha value is -2.25. The number of aliphatic hydroxyl groups is 1. The standard InChI is InChI=1S/C20H22N4O2S/c1-26-19-15(3-2-6-21-19)16-10-27-20-17(16)18(22-11-23-20)24-13-4-5-14(24)8-12(7-13)9-25/h2-3,6,10-14,25H,4-5,7-9H2,1H3. The lowest BCUT2D eigenvalue weighted by Gasteiger charge is -2.39. The predicted octanol–water partition coefficient (Wildman–Crippen LogP) is 3.50. The average molecular weight is 382 g/mol. The Kier molecular flexibility index (Phi) is 4.21. The summed E-state index contributed by atoms with van der Waals surface area (Å²) in [5, 5.41) is 12.9. The summed E-state index contributed by atoms with van der Waals surface area (Å²) in [6.45, 7) is 0.288. The molecule has 2 aliphatic heterocycles. The van der Waals surface area contributed by atoms with Gasteiger partial charge in [0.25, 0.3) is 0 Å². The molecule has 6 nitrogen and oxygen atoms in total. The molecule has 2 atom stereocenters. The lowest BCUT2D eigenvalue weighted by molar-refractivity contribution is 0.185. The van der Waals surface area contributed by atoms with Crippen LogP contribution in [0.3, 0.4) is 0 Å². The van der Waals surface area contributed by atoms with Crippen LogP contribution in [0, 0.1) is 5.92 Å². The molecule has 2 unspecified atom stereocenters. The van der Waals surface area contributed by atoms with Crippen molar-refractivity contribution < 1.29 is 9.84 Å². The van der Waals surface area contributed by atoms with Crippen LogP contribution in [0.5, 0.6) is 5.88 Å². The summed E-state index contributed by atoms with van der Waals surface area (Å²) in [5.74, 6) is 2.05. The number of fused-ring (bicyclic) bond motifs is 3. The second kappa shape index (κ2) is 6.73. The Labute approximate surface area is 161 Å². The van der Waals surface area contributed by atoms with Crippen LogP contribution in [-0.4, -0.2) is 45.9 Å². The molecule has 0 radical (unpaired) electrons. The fourth-order valence-corrected chi connectivity index (χ4v) is 5.70. The van der Waals surface area contributed by atoms with Crippen LogP contribution < -0.4 is 9.64 Å². The van der Waals surface area contributed by atoms with Gasteiger partial charge in [0.2, 0.25) is 5.88 Å². The van der Waals surface area contributed by atoms with Crippen LogP contribution in [0.2, 0.25) is 0 Å². The smallest absolute Gasteiger partial charge is 0.221 e. The number of hydrogen-bond acceptors (Lipinski definition) is 7. The molecule has 2 fully saturated rings. The molecule has 2 aliphatic rings. The number of aromatic nitrogens is 3. The van der Waals surface area contributed by atoms with Crippen molar-refractivity contribution in [2.24, 2.45) is 5.92 Å². The van der Waals surface area contributed by atoms with Gasteiger partial charge >= 0.3 is 0 Å². The lowest BCUT2D eigenvalue weighted by atomic mass is 9.91. The number of anilines is 1. The Bertz CT molecular complexity index is 962. The molecule has 140 valence electrons. The van der Waals surface area contributed by atoms with Gasteiger partial charge in [0.05, 0.1) is 12.5 Å².